The van der Waals surface area contributed by atoms with E-state index in [1.165, 1.54) is 6.21 Å². The minimum absolute atomic E-state index is 0.214. The van der Waals surface area contributed by atoms with Crippen molar-refractivity contribution in [3.8, 4) is 5.75 Å². The van der Waals surface area contributed by atoms with Gasteiger partial charge in [0.25, 0.3) is 0 Å². The van der Waals surface area contributed by atoms with E-state index in [1.54, 1.807) is 0 Å². The van der Waals surface area contributed by atoms with E-state index >= 15 is 0 Å². The Morgan fingerprint density at radius 3 is 2.76 bits per heavy atom. The Bertz CT molecular complexity index is 412. The maximum atomic E-state index is 9.74. The predicted molar refractivity (Wildman–Crippen MR) is 66.8 cm³/mol. The smallest absolute Gasteiger partial charge is 0.127 e. The van der Waals surface area contributed by atoms with Crippen molar-refractivity contribution in [2.24, 2.45) is 0 Å². The van der Waals surface area contributed by atoms with Crippen molar-refractivity contribution in [3.05, 3.63) is 28.8 Å². The van der Waals surface area contributed by atoms with Gasteiger partial charge in [-0.25, -0.2) is 0 Å². The van der Waals surface area contributed by atoms with Crippen molar-refractivity contribution >= 4 is 6.21 Å². The van der Waals surface area contributed by atoms with Crippen LogP contribution in [-0.4, -0.2) is 42.5 Å². The minimum atomic E-state index is 0.214. The summed E-state index contributed by atoms with van der Waals surface area (Å²) in [5.41, 5.74) is 2.56. The number of aryl methyl sites for hydroxylation is 1. The zero-order valence-electron chi connectivity index (χ0n) is 10.1. The van der Waals surface area contributed by atoms with Gasteiger partial charge in [-0.1, -0.05) is 6.07 Å². The first-order valence-electron chi connectivity index (χ1n) is 5.84. The molecule has 0 bridgehead atoms. The SMILES string of the molecule is Cc1cc(CN2CCOCC2)cc(C=N)c1O. The zero-order chi connectivity index (χ0) is 12.3. The summed E-state index contributed by atoms with van der Waals surface area (Å²) in [6.45, 7) is 6.18. The average molecular weight is 234 g/mol. The first kappa shape index (κ1) is 12.1. The number of benzene rings is 1. The Morgan fingerprint density at radius 2 is 2.12 bits per heavy atom. The Hall–Kier alpha value is -1.39. The molecule has 0 radical (unpaired) electrons. The van der Waals surface area contributed by atoms with Crippen LogP contribution in [0, 0.1) is 12.3 Å². The van der Waals surface area contributed by atoms with Gasteiger partial charge in [-0.15, -0.1) is 0 Å². The molecule has 0 amide bonds. The molecule has 0 aliphatic carbocycles. The lowest BCUT2D eigenvalue weighted by Gasteiger charge is -2.26. The fourth-order valence-corrected chi connectivity index (χ4v) is 2.10. The summed E-state index contributed by atoms with van der Waals surface area (Å²) in [6, 6.07) is 3.86. The summed E-state index contributed by atoms with van der Waals surface area (Å²) in [5.74, 6) is 0.214. The monoisotopic (exact) mass is 234 g/mol. The highest BCUT2D eigenvalue weighted by molar-refractivity contribution is 5.82. The number of phenols is 1. The van der Waals surface area contributed by atoms with Crippen LogP contribution in [0.3, 0.4) is 0 Å². The van der Waals surface area contributed by atoms with E-state index in [0.29, 0.717) is 5.56 Å². The second kappa shape index (κ2) is 5.29. The Balaban J connectivity index is 2.15. The molecule has 1 aromatic carbocycles. The van der Waals surface area contributed by atoms with Crippen molar-refractivity contribution in [2.45, 2.75) is 13.5 Å². The number of aromatic hydroxyl groups is 1. The fraction of sp³-hybridized carbons (Fsp3) is 0.462. The summed E-state index contributed by atoms with van der Waals surface area (Å²) in [7, 11) is 0. The van der Waals surface area contributed by atoms with Crippen molar-refractivity contribution in [1.29, 1.82) is 5.41 Å². The third-order valence-corrected chi connectivity index (χ3v) is 3.06. The molecule has 92 valence electrons. The van der Waals surface area contributed by atoms with Crippen LogP contribution >= 0.6 is 0 Å². The van der Waals surface area contributed by atoms with Gasteiger partial charge in [0.05, 0.1) is 13.2 Å². The molecular formula is C13H18N2O2. The number of hydrogen-bond acceptors (Lipinski definition) is 4. The second-order valence-electron chi connectivity index (χ2n) is 4.38. The highest BCUT2D eigenvalue weighted by atomic mass is 16.5. The quantitative estimate of drug-likeness (QED) is 0.780. The van der Waals surface area contributed by atoms with E-state index < -0.39 is 0 Å². The second-order valence-corrected chi connectivity index (χ2v) is 4.38. The minimum Gasteiger partial charge on any atom is -0.507 e. The normalized spacial score (nSPS) is 17.0. The van der Waals surface area contributed by atoms with Gasteiger partial charge in [0.2, 0.25) is 0 Å². The number of nitrogens with one attached hydrogen (secondary N) is 1. The van der Waals surface area contributed by atoms with Crippen molar-refractivity contribution in [2.75, 3.05) is 26.3 Å². The molecule has 0 spiro atoms. The number of hydrogen-bond donors (Lipinski definition) is 2. The summed E-state index contributed by atoms with van der Waals surface area (Å²) in [5, 5.41) is 17.0. The van der Waals surface area contributed by atoms with Gasteiger partial charge in [0.1, 0.15) is 5.75 Å². The lowest BCUT2D eigenvalue weighted by atomic mass is 10.0. The van der Waals surface area contributed by atoms with Crippen LogP contribution in [0.4, 0.5) is 0 Å². The Labute approximate surface area is 101 Å². The summed E-state index contributed by atoms with van der Waals surface area (Å²) in [4.78, 5) is 2.32. The van der Waals surface area contributed by atoms with Gasteiger partial charge in [-0.3, -0.25) is 4.90 Å². The van der Waals surface area contributed by atoms with Crippen LogP contribution in [0.1, 0.15) is 16.7 Å². The topological polar surface area (TPSA) is 56.5 Å². The maximum absolute atomic E-state index is 9.74. The van der Waals surface area contributed by atoms with E-state index in [0.717, 1.165) is 44.0 Å². The molecule has 4 nitrogen and oxygen atoms in total. The molecule has 0 atom stereocenters. The first-order valence-corrected chi connectivity index (χ1v) is 5.84. The van der Waals surface area contributed by atoms with Gasteiger partial charge >= 0.3 is 0 Å². The molecule has 1 saturated heterocycles. The molecule has 2 rings (SSSR count). The molecule has 4 heteroatoms. The molecule has 1 aliphatic heterocycles. The van der Waals surface area contributed by atoms with E-state index in [-0.39, 0.29) is 5.75 Å². The van der Waals surface area contributed by atoms with Crippen LogP contribution in [0.5, 0.6) is 5.75 Å². The molecule has 0 saturated carbocycles. The Morgan fingerprint density at radius 1 is 1.41 bits per heavy atom. The largest absolute Gasteiger partial charge is 0.507 e. The summed E-state index contributed by atoms with van der Waals surface area (Å²) >= 11 is 0. The predicted octanol–water partition coefficient (Wildman–Crippen LogP) is 1.53. The molecular weight excluding hydrogens is 216 g/mol. The fourth-order valence-electron chi connectivity index (χ4n) is 2.10. The maximum Gasteiger partial charge on any atom is 0.127 e. The molecule has 1 aromatic rings. The van der Waals surface area contributed by atoms with Crippen molar-refractivity contribution < 1.29 is 9.84 Å². The van der Waals surface area contributed by atoms with Crippen LogP contribution in [-0.2, 0) is 11.3 Å². The van der Waals surface area contributed by atoms with Crippen LogP contribution < -0.4 is 0 Å². The molecule has 17 heavy (non-hydrogen) atoms. The molecule has 0 aromatic heterocycles. The van der Waals surface area contributed by atoms with E-state index in [2.05, 4.69) is 4.90 Å². The number of rotatable bonds is 3. The van der Waals surface area contributed by atoms with Gasteiger partial charge in [-0.05, 0) is 24.1 Å². The van der Waals surface area contributed by atoms with Gasteiger partial charge in [0, 0.05) is 31.4 Å². The van der Waals surface area contributed by atoms with E-state index in [1.807, 2.05) is 19.1 Å². The first-order chi connectivity index (χ1) is 8.20. The molecule has 1 fully saturated rings. The molecule has 1 aliphatic rings. The third-order valence-electron chi connectivity index (χ3n) is 3.06. The standard InChI is InChI=1S/C13H18N2O2/c1-10-6-11(7-12(8-14)13(10)16)9-15-2-4-17-5-3-15/h6-8,14,16H,2-5,9H2,1H3. The average Bonchev–Trinajstić information content (AvgIpc) is 2.35. The number of morpholine rings is 1. The molecule has 1 heterocycles. The summed E-state index contributed by atoms with van der Waals surface area (Å²) in [6.07, 6.45) is 1.20. The van der Waals surface area contributed by atoms with Crippen LogP contribution in [0.25, 0.3) is 0 Å². The zero-order valence-corrected chi connectivity index (χ0v) is 10.1. The Kier molecular flexibility index (Phi) is 3.76. The number of phenolic OH excluding ortho intramolecular Hbond substituents is 1. The molecule has 2 N–H and O–H groups in total. The lowest BCUT2D eigenvalue weighted by molar-refractivity contribution is 0.0342. The van der Waals surface area contributed by atoms with Crippen LogP contribution in [0.15, 0.2) is 12.1 Å². The number of nitrogens with zero attached hydrogens (tertiary/aromatic N) is 1. The van der Waals surface area contributed by atoms with Crippen molar-refractivity contribution in [3.63, 3.8) is 0 Å². The van der Waals surface area contributed by atoms with Crippen molar-refractivity contribution in [1.82, 2.24) is 4.90 Å². The highest BCUT2D eigenvalue weighted by Gasteiger charge is 2.12. The third kappa shape index (κ3) is 2.84. The van der Waals surface area contributed by atoms with E-state index in [9.17, 15) is 5.11 Å². The van der Waals surface area contributed by atoms with Crippen LogP contribution in [0.2, 0.25) is 0 Å². The van der Waals surface area contributed by atoms with Gasteiger partial charge < -0.3 is 15.3 Å². The van der Waals surface area contributed by atoms with Gasteiger partial charge in [0.15, 0.2) is 0 Å². The highest BCUT2D eigenvalue weighted by Crippen LogP contribution is 2.23. The van der Waals surface area contributed by atoms with E-state index in [4.69, 9.17) is 10.1 Å². The lowest BCUT2D eigenvalue weighted by Crippen LogP contribution is -2.35. The van der Waals surface area contributed by atoms with Gasteiger partial charge in [-0.2, -0.15) is 0 Å². The number of ether oxygens (including phenoxy) is 1. The molecule has 0 unspecified atom stereocenters. The summed E-state index contributed by atoms with van der Waals surface area (Å²) < 4.78 is 5.31.